The molecule has 92 valence electrons. The topological polar surface area (TPSA) is 71.4 Å². The molecule has 1 N–H and O–H groups in total. The highest BCUT2D eigenvalue weighted by Gasteiger charge is 2.53. The van der Waals surface area contributed by atoms with Crippen LogP contribution in [-0.2, 0) is 14.6 Å². The Morgan fingerprint density at radius 3 is 2.24 bits per heavy atom. The highest BCUT2D eigenvalue weighted by molar-refractivity contribution is 7.91. The highest BCUT2D eigenvalue weighted by Crippen LogP contribution is 2.47. The molecule has 1 aromatic carbocycles. The molecule has 1 aliphatic carbocycles. The minimum atomic E-state index is -3.66. The number of carboxylic acids is 1. The molecular formula is C11H11FO4S. The van der Waals surface area contributed by atoms with Crippen molar-refractivity contribution in [2.24, 2.45) is 5.41 Å². The third-order valence-electron chi connectivity index (χ3n) is 2.95. The van der Waals surface area contributed by atoms with Crippen LogP contribution in [0.15, 0.2) is 29.2 Å². The summed E-state index contributed by atoms with van der Waals surface area (Å²) in [5, 5.41) is 8.93. The molecule has 1 aromatic rings. The van der Waals surface area contributed by atoms with E-state index in [-0.39, 0.29) is 4.90 Å². The van der Waals surface area contributed by atoms with Gasteiger partial charge >= 0.3 is 5.97 Å². The fourth-order valence-electron chi connectivity index (χ4n) is 1.66. The van der Waals surface area contributed by atoms with Crippen molar-refractivity contribution in [3.05, 3.63) is 30.1 Å². The molecule has 0 radical (unpaired) electrons. The fourth-order valence-corrected chi connectivity index (χ4v) is 3.52. The minimum absolute atomic E-state index is 0.0357. The summed E-state index contributed by atoms with van der Waals surface area (Å²) < 4.78 is 36.5. The highest BCUT2D eigenvalue weighted by atomic mass is 32.2. The first-order valence-electron chi connectivity index (χ1n) is 5.07. The van der Waals surface area contributed by atoms with Gasteiger partial charge in [-0.3, -0.25) is 4.79 Å². The van der Waals surface area contributed by atoms with E-state index < -0.39 is 32.8 Å². The minimum Gasteiger partial charge on any atom is -0.481 e. The van der Waals surface area contributed by atoms with E-state index in [0.29, 0.717) is 12.8 Å². The van der Waals surface area contributed by atoms with Crippen molar-refractivity contribution in [1.29, 1.82) is 0 Å². The monoisotopic (exact) mass is 258 g/mol. The Kier molecular flexibility index (Phi) is 2.69. The molecule has 2 rings (SSSR count). The lowest BCUT2D eigenvalue weighted by Gasteiger charge is -2.10. The Morgan fingerprint density at radius 1 is 1.29 bits per heavy atom. The van der Waals surface area contributed by atoms with Gasteiger partial charge in [0.1, 0.15) is 5.82 Å². The van der Waals surface area contributed by atoms with Gasteiger partial charge in [-0.15, -0.1) is 0 Å². The molecule has 0 atom stereocenters. The van der Waals surface area contributed by atoms with Gasteiger partial charge in [0.25, 0.3) is 0 Å². The number of hydrogen-bond donors (Lipinski definition) is 1. The third kappa shape index (κ3) is 2.31. The average molecular weight is 258 g/mol. The second-order valence-corrected chi connectivity index (χ2v) is 6.29. The summed E-state index contributed by atoms with van der Waals surface area (Å²) in [5.74, 6) is -2.02. The van der Waals surface area contributed by atoms with E-state index in [4.69, 9.17) is 5.11 Å². The zero-order chi connectivity index (χ0) is 12.7. The van der Waals surface area contributed by atoms with Gasteiger partial charge in [-0.1, -0.05) is 0 Å². The molecule has 0 aliphatic heterocycles. The number of halogens is 1. The number of rotatable bonds is 4. The van der Waals surface area contributed by atoms with Crippen molar-refractivity contribution in [3.63, 3.8) is 0 Å². The molecule has 17 heavy (non-hydrogen) atoms. The van der Waals surface area contributed by atoms with Crippen LogP contribution in [0, 0.1) is 11.2 Å². The van der Waals surface area contributed by atoms with Gasteiger partial charge in [0.2, 0.25) is 0 Å². The molecule has 6 heteroatoms. The van der Waals surface area contributed by atoms with Gasteiger partial charge < -0.3 is 5.11 Å². The normalized spacial score (nSPS) is 17.7. The summed E-state index contributed by atoms with van der Waals surface area (Å²) in [6.07, 6.45) is 0.755. The molecular weight excluding hydrogens is 247 g/mol. The quantitative estimate of drug-likeness (QED) is 0.830. The third-order valence-corrected chi connectivity index (χ3v) is 4.87. The van der Waals surface area contributed by atoms with Crippen LogP contribution in [0.3, 0.4) is 0 Å². The smallest absolute Gasteiger partial charge is 0.310 e. The summed E-state index contributed by atoms with van der Waals surface area (Å²) in [5.41, 5.74) is -1.13. The summed E-state index contributed by atoms with van der Waals surface area (Å²) in [4.78, 5) is 10.9. The molecule has 0 spiro atoms. The van der Waals surface area contributed by atoms with Gasteiger partial charge in [-0.25, -0.2) is 12.8 Å². The maximum atomic E-state index is 12.7. The lowest BCUT2D eigenvalue weighted by Crippen LogP contribution is -2.25. The SMILES string of the molecule is O=C(O)C1(CS(=O)(=O)c2ccc(F)cc2)CC1. The predicted octanol–water partition coefficient (Wildman–Crippen LogP) is 1.46. The fraction of sp³-hybridized carbons (Fsp3) is 0.364. The van der Waals surface area contributed by atoms with Crippen molar-refractivity contribution in [1.82, 2.24) is 0 Å². The van der Waals surface area contributed by atoms with Crippen molar-refractivity contribution < 1.29 is 22.7 Å². The number of carbonyl (C=O) groups is 1. The molecule has 0 unspecified atom stereocenters. The number of aliphatic carboxylic acids is 1. The zero-order valence-electron chi connectivity index (χ0n) is 8.89. The van der Waals surface area contributed by atoms with Crippen LogP contribution in [-0.4, -0.2) is 25.2 Å². The van der Waals surface area contributed by atoms with E-state index in [1.54, 1.807) is 0 Å². The van der Waals surface area contributed by atoms with Crippen LogP contribution in [0.5, 0.6) is 0 Å². The first-order chi connectivity index (χ1) is 7.86. The number of sulfone groups is 1. The van der Waals surface area contributed by atoms with Gasteiger partial charge in [-0.2, -0.15) is 0 Å². The Morgan fingerprint density at radius 2 is 1.82 bits per heavy atom. The second-order valence-electron chi connectivity index (χ2n) is 4.30. The Labute approximate surface area is 98.0 Å². The average Bonchev–Trinajstić information content (AvgIpc) is 2.99. The number of hydrogen-bond acceptors (Lipinski definition) is 3. The second kappa shape index (κ2) is 3.80. The summed E-state index contributed by atoms with van der Waals surface area (Å²) in [6, 6.07) is 4.41. The van der Waals surface area contributed by atoms with E-state index in [0.717, 1.165) is 24.3 Å². The van der Waals surface area contributed by atoms with E-state index >= 15 is 0 Å². The number of benzene rings is 1. The Bertz CT molecular complexity index is 543. The predicted molar refractivity (Wildman–Crippen MR) is 57.8 cm³/mol. The molecule has 0 saturated heterocycles. The van der Waals surface area contributed by atoms with Crippen LogP contribution in [0.1, 0.15) is 12.8 Å². The maximum absolute atomic E-state index is 12.7. The van der Waals surface area contributed by atoms with Gasteiger partial charge in [0.05, 0.1) is 16.1 Å². The van der Waals surface area contributed by atoms with Crippen molar-refractivity contribution >= 4 is 15.8 Å². The Hall–Kier alpha value is -1.43. The van der Waals surface area contributed by atoms with Crippen molar-refractivity contribution in [3.8, 4) is 0 Å². The standard InChI is InChI=1S/C11H11FO4S/c12-8-1-3-9(4-2-8)17(15,16)7-11(5-6-11)10(13)14/h1-4H,5-7H2,(H,13,14). The van der Waals surface area contributed by atoms with E-state index in [2.05, 4.69) is 0 Å². The van der Waals surface area contributed by atoms with Gasteiger partial charge in [0.15, 0.2) is 9.84 Å². The van der Waals surface area contributed by atoms with Crippen LogP contribution in [0.4, 0.5) is 4.39 Å². The molecule has 1 aliphatic rings. The van der Waals surface area contributed by atoms with Crippen LogP contribution >= 0.6 is 0 Å². The number of carboxylic acid groups (broad SMARTS) is 1. The zero-order valence-corrected chi connectivity index (χ0v) is 9.71. The summed E-state index contributed by atoms with van der Waals surface area (Å²) in [6.45, 7) is 0. The van der Waals surface area contributed by atoms with E-state index in [9.17, 15) is 17.6 Å². The molecule has 4 nitrogen and oxygen atoms in total. The largest absolute Gasteiger partial charge is 0.481 e. The molecule has 0 amide bonds. The van der Waals surface area contributed by atoms with Crippen molar-refractivity contribution in [2.75, 3.05) is 5.75 Å². The molecule has 0 aromatic heterocycles. The first kappa shape index (κ1) is 12.0. The molecule has 0 heterocycles. The lowest BCUT2D eigenvalue weighted by molar-refractivity contribution is -0.142. The van der Waals surface area contributed by atoms with E-state index in [1.165, 1.54) is 0 Å². The summed E-state index contributed by atoms with van der Waals surface area (Å²) >= 11 is 0. The van der Waals surface area contributed by atoms with E-state index in [1.807, 2.05) is 0 Å². The van der Waals surface area contributed by atoms with Gasteiger partial charge in [0, 0.05) is 0 Å². The van der Waals surface area contributed by atoms with Crippen molar-refractivity contribution in [2.45, 2.75) is 17.7 Å². The first-order valence-corrected chi connectivity index (χ1v) is 6.73. The van der Waals surface area contributed by atoms with Crippen LogP contribution in [0.25, 0.3) is 0 Å². The maximum Gasteiger partial charge on any atom is 0.310 e. The molecule has 0 bridgehead atoms. The van der Waals surface area contributed by atoms with Crippen LogP contribution in [0.2, 0.25) is 0 Å². The Balaban J connectivity index is 2.26. The van der Waals surface area contributed by atoms with Gasteiger partial charge in [-0.05, 0) is 37.1 Å². The van der Waals surface area contributed by atoms with Crippen LogP contribution < -0.4 is 0 Å². The molecule has 1 saturated carbocycles. The lowest BCUT2D eigenvalue weighted by atomic mass is 10.1. The molecule has 1 fully saturated rings. The summed E-state index contributed by atoms with van der Waals surface area (Å²) in [7, 11) is -3.66.